The first-order valence-electron chi connectivity index (χ1n) is 11.1. The third-order valence-corrected chi connectivity index (χ3v) is 5.42. The van der Waals surface area contributed by atoms with E-state index in [4.69, 9.17) is 14.5 Å². The molecule has 1 aliphatic rings. The maximum atomic E-state index is 5.99. The zero-order chi connectivity index (χ0) is 21.0. The van der Waals surface area contributed by atoms with Gasteiger partial charge in [-0.15, -0.1) is 0 Å². The zero-order valence-corrected chi connectivity index (χ0v) is 18.2. The van der Waals surface area contributed by atoms with E-state index in [0.717, 1.165) is 51.6 Å². The van der Waals surface area contributed by atoms with Gasteiger partial charge < -0.3 is 20.1 Å². The van der Waals surface area contributed by atoms with Crippen LogP contribution < -0.4 is 10.6 Å². The molecule has 3 rings (SSSR count). The second kappa shape index (κ2) is 12.4. The topological polar surface area (TPSA) is 54.9 Å². The minimum absolute atomic E-state index is 0.116. The summed E-state index contributed by atoms with van der Waals surface area (Å²) < 4.78 is 11.9. The Bertz CT molecular complexity index is 752. The van der Waals surface area contributed by atoms with Gasteiger partial charge in [-0.1, -0.05) is 60.7 Å². The number of ether oxygens (including phenoxy) is 2. The molecule has 0 aliphatic carbocycles. The lowest BCUT2D eigenvalue weighted by Crippen LogP contribution is -2.38. The summed E-state index contributed by atoms with van der Waals surface area (Å²) in [6, 6.07) is 20.8. The monoisotopic (exact) mass is 409 g/mol. The summed E-state index contributed by atoms with van der Waals surface area (Å²) >= 11 is 0. The van der Waals surface area contributed by atoms with Crippen molar-refractivity contribution in [3.8, 4) is 0 Å². The highest BCUT2D eigenvalue weighted by Gasteiger charge is 2.29. The van der Waals surface area contributed by atoms with Crippen LogP contribution in [0.25, 0.3) is 0 Å². The predicted octanol–water partition coefficient (Wildman–Crippen LogP) is 4.49. The fourth-order valence-corrected chi connectivity index (χ4v) is 3.74. The summed E-state index contributed by atoms with van der Waals surface area (Å²) in [4.78, 5) is 4.83. The van der Waals surface area contributed by atoms with Crippen molar-refractivity contribution in [1.29, 1.82) is 0 Å². The van der Waals surface area contributed by atoms with E-state index in [1.807, 2.05) is 24.3 Å². The minimum Gasteiger partial charge on any atom is -0.374 e. The molecule has 0 amide bonds. The zero-order valence-electron chi connectivity index (χ0n) is 18.2. The van der Waals surface area contributed by atoms with Gasteiger partial charge in [-0.05, 0) is 37.8 Å². The number of hydrogen-bond acceptors (Lipinski definition) is 3. The Morgan fingerprint density at radius 2 is 1.83 bits per heavy atom. The SMILES string of the molecule is CCNC(=NCC1CCOC1c1ccccc1)NCCCOC(C)c1ccccc1. The Morgan fingerprint density at radius 3 is 2.57 bits per heavy atom. The first-order valence-corrected chi connectivity index (χ1v) is 11.1. The van der Waals surface area contributed by atoms with E-state index in [1.54, 1.807) is 0 Å². The largest absolute Gasteiger partial charge is 0.374 e. The molecule has 2 N–H and O–H groups in total. The average Bonchev–Trinajstić information content (AvgIpc) is 3.27. The number of nitrogens with zero attached hydrogens (tertiary/aromatic N) is 1. The molecule has 5 nitrogen and oxygen atoms in total. The van der Waals surface area contributed by atoms with E-state index in [-0.39, 0.29) is 12.2 Å². The van der Waals surface area contributed by atoms with Crippen molar-refractivity contribution in [2.45, 2.75) is 38.9 Å². The lowest BCUT2D eigenvalue weighted by molar-refractivity contribution is 0.0646. The van der Waals surface area contributed by atoms with Gasteiger partial charge in [0.1, 0.15) is 0 Å². The van der Waals surface area contributed by atoms with Gasteiger partial charge in [-0.3, -0.25) is 4.99 Å². The van der Waals surface area contributed by atoms with Crippen molar-refractivity contribution < 1.29 is 9.47 Å². The van der Waals surface area contributed by atoms with E-state index in [1.165, 1.54) is 11.1 Å². The average molecular weight is 410 g/mol. The maximum Gasteiger partial charge on any atom is 0.191 e. The Kier molecular flexibility index (Phi) is 9.19. The van der Waals surface area contributed by atoms with Gasteiger partial charge >= 0.3 is 0 Å². The van der Waals surface area contributed by atoms with Crippen LogP contribution >= 0.6 is 0 Å². The predicted molar refractivity (Wildman–Crippen MR) is 123 cm³/mol. The molecule has 1 saturated heterocycles. The molecule has 0 bridgehead atoms. The van der Waals surface area contributed by atoms with Gasteiger partial charge in [0.25, 0.3) is 0 Å². The van der Waals surface area contributed by atoms with Gasteiger partial charge in [0.15, 0.2) is 5.96 Å². The molecule has 0 spiro atoms. The number of nitrogens with one attached hydrogen (secondary N) is 2. The van der Waals surface area contributed by atoms with E-state index in [2.05, 4.69) is 60.9 Å². The molecular weight excluding hydrogens is 374 g/mol. The second-order valence-electron chi connectivity index (χ2n) is 7.67. The van der Waals surface area contributed by atoms with E-state index >= 15 is 0 Å². The number of hydrogen-bond donors (Lipinski definition) is 2. The van der Waals surface area contributed by atoms with Gasteiger partial charge in [0.05, 0.1) is 12.2 Å². The first-order chi connectivity index (χ1) is 14.8. The Morgan fingerprint density at radius 1 is 1.10 bits per heavy atom. The summed E-state index contributed by atoms with van der Waals surface area (Å²) in [6.45, 7) is 8.15. The first kappa shape index (κ1) is 22.3. The molecule has 1 heterocycles. The molecular formula is C25H35N3O2. The van der Waals surface area contributed by atoms with Gasteiger partial charge in [0, 0.05) is 38.8 Å². The van der Waals surface area contributed by atoms with Crippen LogP contribution in [0, 0.1) is 5.92 Å². The van der Waals surface area contributed by atoms with E-state index in [0.29, 0.717) is 5.92 Å². The van der Waals surface area contributed by atoms with Crippen LogP contribution in [0.5, 0.6) is 0 Å². The van der Waals surface area contributed by atoms with Crippen molar-refractivity contribution >= 4 is 5.96 Å². The normalized spacial score (nSPS) is 20.1. The van der Waals surface area contributed by atoms with Crippen molar-refractivity contribution in [2.24, 2.45) is 10.9 Å². The van der Waals surface area contributed by atoms with Crippen LogP contribution in [-0.2, 0) is 9.47 Å². The van der Waals surface area contributed by atoms with Crippen molar-refractivity contribution in [2.75, 3.05) is 32.8 Å². The summed E-state index contributed by atoms with van der Waals surface area (Å²) in [6.07, 6.45) is 2.24. The van der Waals surface area contributed by atoms with Crippen LogP contribution in [-0.4, -0.2) is 38.8 Å². The molecule has 2 aromatic carbocycles. The molecule has 0 aromatic heterocycles. The molecule has 30 heavy (non-hydrogen) atoms. The Labute approximate surface area is 180 Å². The lowest BCUT2D eigenvalue weighted by atomic mass is 9.95. The van der Waals surface area contributed by atoms with Crippen LogP contribution in [0.15, 0.2) is 65.7 Å². The molecule has 3 unspecified atom stereocenters. The van der Waals surface area contributed by atoms with E-state index < -0.39 is 0 Å². The highest BCUT2D eigenvalue weighted by Crippen LogP contribution is 2.34. The fraction of sp³-hybridized carbons (Fsp3) is 0.480. The highest BCUT2D eigenvalue weighted by atomic mass is 16.5. The van der Waals surface area contributed by atoms with Gasteiger partial charge in [0.2, 0.25) is 0 Å². The molecule has 5 heteroatoms. The molecule has 2 aromatic rings. The smallest absolute Gasteiger partial charge is 0.191 e. The van der Waals surface area contributed by atoms with Crippen LogP contribution in [0.1, 0.15) is 50.0 Å². The summed E-state index contributed by atoms with van der Waals surface area (Å²) in [5.41, 5.74) is 2.46. The number of guanidine groups is 1. The highest BCUT2D eigenvalue weighted by molar-refractivity contribution is 5.79. The van der Waals surface area contributed by atoms with Crippen molar-refractivity contribution in [1.82, 2.24) is 10.6 Å². The molecule has 3 atom stereocenters. The van der Waals surface area contributed by atoms with Gasteiger partial charge in [-0.25, -0.2) is 0 Å². The Hall–Kier alpha value is -2.37. The second-order valence-corrected chi connectivity index (χ2v) is 7.67. The van der Waals surface area contributed by atoms with Crippen molar-refractivity contribution in [3.05, 3.63) is 71.8 Å². The molecule has 0 saturated carbocycles. The maximum absolute atomic E-state index is 5.99. The van der Waals surface area contributed by atoms with Crippen LogP contribution in [0.3, 0.4) is 0 Å². The third-order valence-electron chi connectivity index (χ3n) is 5.42. The Balaban J connectivity index is 1.42. The van der Waals surface area contributed by atoms with E-state index in [9.17, 15) is 0 Å². The lowest BCUT2D eigenvalue weighted by Gasteiger charge is -2.18. The molecule has 1 fully saturated rings. The van der Waals surface area contributed by atoms with Crippen LogP contribution in [0.2, 0.25) is 0 Å². The quantitative estimate of drug-likeness (QED) is 0.345. The summed E-state index contributed by atoms with van der Waals surface area (Å²) in [5.74, 6) is 1.28. The summed E-state index contributed by atoms with van der Waals surface area (Å²) in [5, 5.41) is 6.77. The van der Waals surface area contributed by atoms with Crippen molar-refractivity contribution in [3.63, 3.8) is 0 Å². The molecule has 1 aliphatic heterocycles. The number of benzene rings is 2. The molecule has 0 radical (unpaired) electrons. The third kappa shape index (κ3) is 6.85. The standard InChI is InChI=1S/C25H35N3O2/c1-3-26-25(27-16-10-17-29-20(2)21-11-6-4-7-12-21)28-19-23-15-18-30-24(23)22-13-8-5-9-14-22/h4-9,11-14,20,23-24H,3,10,15-19H2,1-2H3,(H2,26,27,28). The summed E-state index contributed by atoms with van der Waals surface area (Å²) in [7, 11) is 0. The number of aliphatic imine (C=N–C) groups is 1. The van der Waals surface area contributed by atoms with Crippen LogP contribution in [0.4, 0.5) is 0 Å². The fourth-order valence-electron chi connectivity index (χ4n) is 3.74. The number of rotatable bonds is 10. The molecule has 162 valence electrons. The minimum atomic E-state index is 0.116. The van der Waals surface area contributed by atoms with Gasteiger partial charge in [-0.2, -0.15) is 0 Å².